The molecule has 1 aliphatic heterocycles. The molecule has 0 atom stereocenters. The number of pyridine rings is 1. The molecule has 1 fully saturated rings. The van der Waals surface area contributed by atoms with Crippen LogP contribution in [0.4, 0.5) is 11.5 Å². The molecule has 2 heterocycles. The van der Waals surface area contributed by atoms with Gasteiger partial charge in [-0.05, 0) is 48.5 Å². The van der Waals surface area contributed by atoms with Crippen molar-refractivity contribution in [3.8, 4) is 0 Å². The zero-order valence-electron chi connectivity index (χ0n) is 16.5. The van der Waals surface area contributed by atoms with Gasteiger partial charge in [-0.3, -0.25) is 0 Å². The number of nitrogens with one attached hydrogen (secondary N) is 2. The molecule has 1 aliphatic rings. The van der Waals surface area contributed by atoms with Gasteiger partial charge in [0.25, 0.3) is 0 Å². The number of benzene rings is 1. The third-order valence-corrected chi connectivity index (χ3v) is 6.99. The quantitative estimate of drug-likeness (QED) is 0.648. The summed E-state index contributed by atoms with van der Waals surface area (Å²) in [5.41, 5.74) is 2.14. The van der Waals surface area contributed by atoms with Crippen LogP contribution in [0.3, 0.4) is 0 Å². The second-order valence-electron chi connectivity index (χ2n) is 6.82. The van der Waals surface area contributed by atoms with Gasteiger partial charge in [0.05, 0.1) is 5.75 Å². The highest BCUT2D eigenvalue weighted by molar-refractivity contribution is 7.89. The molecular weight excluding hydrogens is 406 g/mol. The van der Waals surface area contributed by atoms with Gasteiger partial charge in [-0.1, -0.05) is 25.1 Å². The fourth-order valence-corrected chi connectivity index (χ4v) is 4.72. The predicted octanol–water partition coefficient (Wildman–Crippen LogP) is 2.08. The van der Waals surface area contributed by atoms with Gasteiger partial charge in [-0.15, -0.1) is 0 Å². The summed E-state index contributed by atoms with van der Waals surface area (Å²) in [6.07, 6.45) is 2.73. The van der Waals surface area contributed by atoms with Crippen LogP contribution < -0.4 is 15.5 Å². The summed E-state index contributed by atoms with van der Waals surface area (Å²) in [7, 11) is -3.33. The molecule has 0 aliphatic carbocycles. The Morgan fingerprint density at radius 3 is 2.45 bits per heavy atom. The second-order valence-corrected chi connectivity index (χ2v) is 9.32. The first-order chi connectivity index (χ1) is 14.0. The van der Waals surface area contributed by atoms with E-state index in [4.69, 9.17) is 12.2 Å². The highest BCUT2D eigenvalue weighted by atomic mass is 32.2. The Balaban J connectivity index is 1.42. The Kier molecular flexibility index (Phi) is 7.40. The van der Waals surface area contributed by atoms with Gasteiger partial charge in [-0.25, -0.2) is 13.4 Å². The number of piperazine rings is 1. The van der Waals surface area contributed by atoms with Crippen molar-refractivity contribution in [1.29, 1.82) is 0 Å². The number of sulfonamides is 1. The molecule has 0 unspecified atom stereocenters. The molecule has 1 aromatic carbocycles. The molecule has 9 heteroatoms. The largest absolute Gasteiger partial charge is 0.361 e. The third kappa shape index (κ3) is 6.12. The Morgan fingerprint density at radius 1 is 1.10 bits per heavy atom. The van der Waals surface area contributed by atoms with E-state index in [9.17, 15) is 8.42 Å². The molecule has 3 rings (SSSR count). The SMILES string of the molecule is CCc1ccc(NC(=S)NCCS(=O)(=O)N2CCN(c3ccccn3)CC2)cc1. The van der Waals surface area contributed by atoms with E-state index in [0.717, 1.165) is 17.9 Å². The van der Waals surface area contributed by atoms with E-state index in [1.165, 1.54) is 5.56 Å². The lowest BCUT2D eigenvalue weighted by atomic mass is 10.1. The minimum Gasteiger partial charge on any atom is -0.361 e. The van der Waals surface area contributed by atoms with Gasteiger partial charge >= 0.3 is 0 Å². The Morgan fingerprint density at radius 2 is 1.83 bits per heavy atom. The fourth-order valence-electron chi connectivity index (χ4n) is 3.16. The van der Waals surface area contributed by atoms with Crippen LogP contribution in [0.25, 0.3) is 0 Å². The van der Waals surface area contributed by atoms with Crippen LogP contribution in [0, 0.1) is 0 Å². The van der Waals surface area contributed by atoms with Crippen LogP contribution in [0.1, 0.15) is 12.5 Å². The van der Waals surface area contributed by atoms with Crippen LogP contribution in [-0.2, 0) is 16.4 Å². The monoisotopic (exact) mass is 433 g/mol. The topological polar surface area (TPSA) is 77.6 Å². The number of hydrogen-bond acceptors (Lipinski definition) is 5. The molecule has 0 saturated carbocycles. The van der Waals surface area contributed by atoms with Crippen LogP contribution in [0.5, 0.6) is 0 Å². The van der Waals surface area contributed by atoms with Gasteiger partial charge in [0.1, 0.15) is 5.82 Å². The Labute approximate surface area is 178 Å². The molecular formula is C20H27N5O2S2. The molecule has 156 valence electrons. The number of nitrogens with zero attached hydrogens (tertiary/aromatic N) is 3. The number of hydrogen-bond donors (Lipinski definition) is 2. The van der Waals surface area contributed by atoms with E-state index in [2.05, 4.69) is 27.4 Å². The summed E-state index contributed by atoms with van der Waals surface area (Å²) in [5.74, 6) is 0.891. The summed E-state index contributed by atoms with van der Waals surface area (Å²) in [6.45, 7) is 4.57. The fraction of sp³-hybridized carbons (Fsp3) is 0.400. The summed E-state index contributed by atoms with van der Waals surface area (Å²) < 4.78 is 26.8. The smallest absolute Gasteiger partial charge is 0.215 e. The lowest BCUT2D eigenvalue weighted by Crippen LogP contribution is -2.50. The van der Waals surface area contributed by atoms with Crippen molar-refractivity contribution in [1.82, 2.24) is 14.6 Å². The molecule has 7 nitrogen and oxygen atoms in total. The Hall–Kier alpha value is -2.23. The van der Waals surface area contributed by atoms with Crippen molar-refractivity contribution in [2.24, 2.45) is 0 Å². The van der Waals surface area contributed by atoms with E-state index >= 15 is 0 Å². The Bertz CT molecular complexity index is 896. The lowest BCUT2D eigenvalue weighted by Gasteiger charge is -2.34. The lowest BCUT2D eigenvalue weighted by molar-refractivity contribution is 0.384. The molecule has 0 spiro atoms. The van der Waals surface area contributed by atoms with Crippen LogP contribution in [0.2, 0.25) is 0 Å². The average molecular weight is 434 g/mol. The highest BCUT2D eigenvalue weighted by Crippen LogP contribution is 2.15. The van der Waals surface area contributed by atoms with E-state index < -0.39 is 10.0 Å². The number of rotatable bonds is 7. The van der Waals surface area contributed by atoms with E-state index in [1.54, 1.807) is 10.5 Å². The van der Waals surface area contributed by atoms with Crippen molar-refractivity contribution in [3.05, 3.63) is 54.2 Å². The molecule has 2 aromatic rings. The average Bonchev–Trinajstić information content (AvgIpc) is 2.75. The summed E-state index contributed by atoms with van der Waals surface area (Å²) in [4.78, 5) is 6.43. The normalized spacial score (nSPS) is 15.1. The molecule has 0 radical (unpaired) electrons. The summed E-state index contributed by atoms with van der Waals surface area (Å²) in [5, 5.41) is 6.49. The first-order valence-electron chi connectivity index (χ1n) is 9.75. The molecule has 0 amide bonds. The van der Waals surface area contributed by atoms with Crippen LogP contribution in [0.15, 0.2) is 48.7 Å². The number of anilines is 2. The summed E-state index contributed by atoms with van der Waals surface area (Å²) >= 11 is 5.27. The first-order valence-corrected chi connectivity index (χ1v) is 11.8. The maximum Gasteiger partial charge on any atom is 0.215 e. The standard InChI is InChI=1S/C20H27N5O2S2/c1-2-17-6-8-18(9-7-17)23-20(28)22-11-16-29(26,27)25-14-12-24(13-15-25)19-5-3-4-10-21-19/h3-10H,2,11-16H2,1H3,(H2,22,23,28). The van der Waals surface area contributed by atoms with Gasteiger partial charge in [0.15, 0.2) is 5.11 Å². The minimum absolute atomic E-state index is 0.00712. The third-order valence-electron chi connectivity index (χ3n) is 4.87. The second kappa shape index (κ2) is 10.00. The van der Waals surface area contributed by atoms with Gasteiger partial charge < -0.3 is 15.5 Å². The molecule has 1 saturated heterocycles. The zero-order valence-corrected chi connectivity index (χ0v) is 18.2. The number of thiocarbonyl (C=S) groups is 1. The zero-order chi connectivity index (χ0) is 20.7. The van der Waals surface area contributed by atoms with Crippen LogP contribution >= 0.6 is 12.2 Å². The summed E-state index contributed by atoms with van der Waals surface area (Å²) in [6, 6.07) is 13.8. The molecule has 1 aromatic heterocycles. The van der Waals surface area contributed by atoms with Crippen molar-refractivity contribution in [2.45, 2.75) is 13.3 Å². The van der Waals surface area contributed by atoms with Crippen molar-refractivity contribution in [2.75, 3.05) is 48.7 Å². The molecule has 0 bridgehead atoms. The van der Waals surface area contributed by atoms with Gasteiger partial charge in [0.2, 0.25) is 10.0 Å². The maximum atomic E-state index is 12.6. The first kappa shape index (κ1) is 21.5. The highest BCUT2D eigenvalue weighted by Gasteiger charge is 2.27. The number of aryl methyl sites for hydroxylation is 1. The van der Waals surface area contributed by atoms with Crippen molar-refractivity contribution >= 4 is 38.9 Å². The van der Waals surface area contributed by atoms with E-state index in [-0.39, 0.29) is 12.3 Å². The predicted molar refractivity (Wildman–Crippen MR) is 122 cm³/mol. The van der Waals surface area contributed by atoms with E-state index in [0.29, 0.717) is 31.3 Å². The maximum absolute atomic E-state index is 12.6. The number of aromatic nitrogens is 1. The van der Waals surface area contributed by atoms with E-state index in [1.807, 2.05) is 42.5 Å². The van der Waals surface area contributed by atoms with Gasteiger partial charge in [0, 0.05) is 44.6 Å². The van der Waals surface area contributed by atoms with Crippen molar-refractivity contribution < 1.29 is 8.42 Å². The van der Waals surface area contributed by atoms with Crippen molar-refractivity contribution in [3.63, 3.8) is 0 Å². The molecule has 29 heavy (non-hydrogen) atoms. The minimum atomic E-state index is -3.33. The van der Waals surface area contributed by atoms with Crippen LogP contribution in [-0.4, -0.2) is 61.3 Å². The molecule has 2 N–H and O–H groups in total. The van der Waals surface area contributed by atoms with Gasteiger partial charge in [-0.2, -0.15) is 4.31 Å².